The first-order valence-corrected chi connectivity index (χ1v) is 9.03. The number of allylic oxidation sites excluding steroid dienone is 2. The van der Waals surface area contributed by atoms with E-state index in [2.05, 4.69) is 16.4 Å². The Kier molecular flexibility index (Phi) is 4.99. The Balaban J connectivity index is 1.76. The molecule has 0 spiro atoms. The molecule has 6 heteroatoms. The summed E-state index contributed by atoms with van der Waals surface area (Å²) in [5, 5.41) is 16.4. The van der Waals surface area contributed by atoms with E-state index in [0.717, 1.165) is 16.8 Å². The number of hydrogen-bond acceptors (Lipinski definition) is 5. The molecule has 0 bridgehead atoms. The number of anilines is 1. The summed E-state index contributed by atoms with van der Waals surface area (Å²) in [5.41, 5.74) is 4.13. The Labute approximate surface area is 150 Å². The molecule has 1 aliphatic carbocycles. The molecule has 1 aliphatic rings. The molecule has 2 atom stereocenters. The van der Waals surface area contributed by atoms with E-state index in [1.54, 1.807) is 6.08 Å². The fourth-order valence-corrected chi connectivity index (χ4v) is 3.83. The van der Waals surface area contributed by atoms with Crippen LogP contribution < -0.4 is 10.4 Å². The van der Waals surface area contributed by atoms with Crippen LogP contribution in [0.1, 0.15) is 24.0 Å². The maximum atomic E-state index is 12.5. The third kappa shape index (κ3) is 3.79. The molecule has 3 rings (SSSR count). The molecule has 25 heavy (non-hydrogen) atoms. The number of thiazole rings is 1. The second-order valence-corrected chi connectivity index (χ2v) is 7.18. The smallest absolute Gasteiger partial charge is 0.230 e. The third-order valence-corrected chi connectivity index (χ3v) is 5.22. The highest BCUT2D eigenvalue weighted by molar-refractivity contribution is 7.14. The van der Waals surface area contributed by atoms with E-state index in [1.165, 1.54) is 16.9 Å². The summed E-state index contributed by atoms with van der Waals surface area (Å²) in [5.74, 6) is -2.91. The molecule has 130 valence electrons. The number of aromatic nitrogens is 1. The molecule has 0 aliphatic heterocycles. The Morgan fingerprint density at radius 2 is 1.92 bits per heavy atom. The van der Waals surface area contributed by atoms with Crippen molar-refractivity contribution in [1.82, 2.24) is 4.98 Å². The van der Waals surface area contributed by atoms with Crippen LogP contribution >= 0.6 is 11.3 Å². The molecule has 0 saturated heterocycles. The van der Waals surface area contributed by atoms with Crippen LogP contribution in [0.4, 0.5) is 5.13 Å². The number of amides is 1. The number of nitrogens with zero attached hydrogens (tertiary/aromatic N) is 1. The summed E-state index contributed by atoms with van der Waals surface area (Å²) < 4.78 is 0. The number of aliphatic carboxylic acids is 1. The molecule has 0 radical (unpaired) electrons. The van der Waals surface area contributed by atoms with Crippen molar-refractivity contribution in [2.75, 3.05) is 5.32 Å². The van der Waals surface area contributed by atoms with Gasteiger partial charge in [0.2, 0.25) is 5.91 Å². The van der Waals surface area contributed by atoms with Crippen LogP contribution in [0.3, 0.4) is 0 Å². The maximum absolute atomic E-state index is 12.5. The van der Waals surface area contributed by atoms with Gasteiger partial charge in [-0.1, -0.05) is 35.9 Å². The largest absolute Gasteiger partial charge is 0.550 e. The van der Waals surface area contributed by atoms with Crippen LogP contribution in [0, 0.1) is 25.7 Å². The molecule has 0 unspecified atom stereocenters. The van der Waals surface area contributed by atoms with Gasteiger partial charge in [0.05, 0.1) is 11.6 Å². The Hall–Kier alpha value is -2.47. The number of carboxylic acids is 1. The highest BCUT2D eigenvalue weighted by atomic mass is 32.1. The molecule has 1 aromatic carbocycles. The van der Waals surface area contributed by atoms with Crippen molar-refractivity contribution in [3.05, 3.63) is 46.9 Å². The van der Waals surface area contributed by atoms with Gasteiger partial charge in [0, 0.05) is 22.8 Å². The Bertz CT molecular complexity index is 841. The van der Waals surface area contributed by atoms with Crippen LogP contribution in [0.5, 0.6) is 0 Å². The molecule has 1 heterocycles. The standard InChI is InChI=1S/C19H20N2O3S/c1-11-7-8-13(12(2)9-11)16-10-25-19(20-16)21-17(22)14-5-3-4-6-15(14)18(23)24/h3-4,7-10,14-15H,5-6H2,1-2H3,(H,23,24)(H,20,21,22)/p-1/t14-,15+/m1/s1. The summed E-state index contributed by atoms with van der Waals surface area (Å²) in [6, 6.07) is 6.13. The second-order valence-electron chi connectivity index (χ2n) is 6.32. The lowest BCUT2D eigenvalue weighted by Gasteiger charge is -2.27. The quantitative estimate of drug-likeness (QED) is 0.855. The lowest BCUT2D eigenvalue weighted by Crippen LogP contribution is -2.41. The first kappa shape index (κ1) is 17.4. The minimum Gasteiger partial charge on any atom is -0.550 e. The maximum Gasteiger partial charge on any atom is 0.230 e. The van der Waals surface area contributed by atoms with E-state index in [0.29, 0.717) is 18.0 Å². The second kappa shape index (κ2) is 7.19. The number of carbonyl (C=O) groups excluding carboxylic acids is 2. The fourth-order valence-electron chi connectivity index (χ4n) is 3.12. The number of benzene rings is 1. The molecule has 5 nitrogen and oxygen atoms in total. The molecular weight excluding hydrogens is 336 g/mol. The highest BCUT2D eigenvalue weighted by Crippen LogP contribution is 2.30. The average Bonchev–Trinajstić information content (AvgIpc) is 3.02. The SMILES string of the molecule is Cc1ccc(-c2csc(NC(=O)[C@@H]3CC=CC[C@@H]3C(=O)[O-])n2)c(C)c1. The van der Waals surface area contributed by atoms with Gasteiger partial charge in [-0.15, -0.1) is 11.3 Å². The van der Waals surface area contributed by atoms with Crippen molar-refractivity contribution >= 4 is 28.3 Å². The summed E-state index contributed by atoms with van der Waals surface area (Å²) in [7, 11) is 0. The Morgan fingerprint density at radius 3 is 2.60 bits per heavy atom. The predicted molar refractivity (Wildman–Crippen MR) is 96.0 cm³/mol. The van der Waals surface area contributed by atoms with Crippen molar-refractivity contribution in [3.8, 4) is 11.3 Å². The number of hydrogen-bond donors (Lipinski definition) is 1. The third-order valence-electron chi connectivity index (χ3n) is 4.46. The van der Waals surface area contributed by atoms with Gasteiger partial charge in [-0.2, -0.15) is 0 Å². The van der Waals surface area contributed by atoms with Crippen LogP contribution in [0.2, 0.25) is 0 Å². The zero-order valence-corrected chi connectivity index (χ0v) is 14.9. The molecule has 2 aromatic rings. The molecule has 0 fully saturated rings. The van der Waals surface area contributed by atoms with Gasteiger partial charge >= 0.3 is 0 Å². The van der Waals surface area contributed by atoms with Crippen LogP contribution in [0.25, 0.3) is 11.3 Å². The number of carbonyl (C=O) groups is 2. The van der Waals surface area contributed by atoms with Gasteiger partial charge in [0.25, 0.3) is 0 Å². The van der Waals surface area contributed by atoms with E-state index in [1.807, 2.05) is 37.4 Å². The van der Waals surface area contributed by atoms with Crippen LogP contribution in [-0.4, -0.2) is 16.9 Å². The van der Waals surface area contributed by atoms with Gasteiger partial charge in [-0.25, -0.2) is 4.98 Å². The van der Waals surface area contributed by atoms with E-state index in [-0.39, 0.29) is 5.91 Å². The number of aryl methyl sites for hydroxylation is 2. The van der Waals surface area contributed by atoms with Crippen molar-refractivity contribution < 1.29 is 14.7 Å². The van der Waals surface area contributed by atoms with Crippen LogP contribution in [0.15, 0.2) is 35.7 Å². The zero-order chi connectivity index (χ0) is 18.0. The van der Waals surface area contributed by atoms with E-state index >= 15 is 0 Å². The number of carboxylic acid groups (broad SMARTS) is 1. The van der Waals surface area contributed by atoms with Crippen molar-refractivity contribution in [3.63, 3.8) is 0 Å². The summed E-state index contributed by atoms with van der Waals surface area (Å²) in [4.78, 5) is 28.2. The van der Waals surface area contributed by atoms with Gasteiger partial charge in [-0.3, -0.25) is 4.79 Å². The first-order chi connectivity index (χ1) is 12.0. The normalized spacial score (nSPS) is 19.6. The fraction of sp³-hybridized carbons (Fsp3) is 0.316. The summed E-state index contributed by atoms with van der Waals surface area (Å²) >= 11 is 1.34. The summed E-state index contributed by atoms with van der Waals surface area (Å²) in [6.45, 7) is 4.06. The monoisotopic (exact) mass is 355 g/mol. The molecule has 1 amide bonds. The molecule has 0 saturated carbocycles. The van der Waals surface area contributed by atoms with Gasteiger partial charge in [0.15, 0.2) is 5.13 Å². The number of rotatable bonds is 4. The molecule has 1 N–H and O–H groups in total. The zero-order valence-electron chi connectivity index (χ0n) is 14.1. The molecule has 1 aromatic heterocycles. The lowest BCUT2D eigenvalue weighted by atomic mass is 9.82. The summed E-state index contributed by atoms with van der Waals surface area (Å²) in [6.07, 6.45) is 4.35. The first-order valence-electron chi connectivity index (χ1n) is 8.15. The lowest BCUT2D eigenvalue weighted by molar-refractivity contribution is -0.313. The predicted octanol–water partition coefficient (Wildman–Crippen LogP) is 2.70. The van der Waals surface area contributed by atoms with Crippen LogP contribution in [-0.2, 0) is 9.59 Å². The van der Waals surface area contributed by atoms with Crippen molar-refractivity contribution in [2.45, 2.75) is 26.7 Å². The van der Waals surface area contributed by atoms with Gasteiger partial charge in [-0.05, 0) is 32.3 Å². The number of nitrogens with one attached hydrogen (secondary N) is 1. The minimum absolute atomic E-state index is 0.319. The minimum atomic E-state index is -1.18. The van der Waals surface area contributed by atoms with Crippen molar-refractivity contribution in [1.29, 1.82) is 0 Å². The van der Waals surface area contributed by atoms with E-state index < -0.39 is 17.8 Å². The highest BCUT2D eigenvalue weighted by Gasteiger charge is 2.30. The average molecular weight is 355 g/mol. The van der Waals surface area contributed by atoms with Crippen molar-refractivity contribution in [2.24, 2.45) is 11.8 Å². The van der Waals surface area contributed by atoms with E-state index in [4.69, 9.17) is 0 Å². The topological polar surface area (TPSA) is 82.1 Å². The molecular formula is C19H19N2O3S-. The van der Waals surface area contributed by atoms with E-state index in [9.17, 15) is 14.7 Å². The Morgan fingerprint density at radius 1 is 1.20 bits per heavy atom. The van der Waals surface area contributed by atoms with Gasteiger partial charge in [0.1, 0.15) is 0 Å². The van der Waals surface area contributed by atoms with Gasteiger partial charge < -0.3 is 15.2 Å².